The molecule has 2 aliphatic rings. The van der Waals surface area contributed by atoms with Crippen LogP contribution < -0.4 is 5.32 Å². The molecular weight excluding hydrogens is 328 g/mol. The van der Waals surface area contributed by atoms with Crippen LogP contribution in [0.15, 0.2) is 0 Å². The van der Waals surface area contributed by atoms with Gasteiger partial charge in [-0.3, -0.25) is 14.4 Å². The Labute approximate surface area is 147 Å². The number of carbonyl (C=O) groups excluding carboxylic acids is 2. The summed E-state index contributed by atoms with van der Waals surface area (Å²) in [6.45, 7) is 6.08. The van der Waals surface area contributed by atoms with Crippen LogP contribution in [0.3, 0.4) is 0 Å². The van der Waals surface area contributed by atoms with E-state index < -0.39 is 12.0 Å². The molecule has 2 fully saturated rings. The summed E-state index contributed by atoms with van der Waals surface area (Å²) in [7, 11) is 0. The number of amides is 2. The first-order valence-electron chi connectivity index (χ1n) is 8.72. The molecule has 1 heterocycles. The molecule has 0 bridgehead atoms. The van der Waals surface area contributed by atoms with E-state index in [0.29, 0.717) is 43.2 Å². The van der Waals surface area contributed by atoms with Crippen molar-refractivity contribution in [3.8, 4) is 0 Å². The lowest BCUT2D eigenvalue weighted by molar-refractivity contribution is -0.146. The van der Waals surface area contributed by atoms with Crippen LogP contribution in [0.25, 0.3) is 0 Å². The monoisotopic (exact) mass is 356 g/mol. The van der Waals surface area contributed by atoms with E-state index in [1.165, 1.54) is 0 Å². The molecule has 7 heteroatoms. The van der Waals surface area contributed by atoms with E-state index in [-0.39, 0.29) is 29.7 Å². The Kier molecular flexibility index (Phi) is 6.54. The number of nitrogens with one attached hydrogen (secondary N) is 1. The first-order chi connectivity index (χ1) is 11.3. The smallest absolute Gasteiger partial charge is 0.306 e. The highest BCUT2D eigenvalue weighted by molar-refractivity contribution is 7.99. The van der Waals surface area contributed by atoms with Crippen molar-refractivity contribution in [2.75, 3.05) is 11.6 Å². The Hall–Kier alpha value is -1.24. The normalized spacial score (nSPS) is 28.7. The second kappa shape index (κ2) is 8.23. The van der Waals surface area contributed by atoms with Crippen LogP contribution in [0.4, 0.5) is 0 Å². The average molecular weight is 356 g/mol. The number of hydrogen-bond donors (Lipinski definition) is 2. The molecule has 0 radical (unpaired) electrons. The maximum Gasteiger partial charge on any atom is 0.306 e. The fraction of sp³-hybridized carbons (Fsp3) is 0.824. The maximum absolute atomic E-state index is 12.8. The van der Waals surface area contributed by atoms with E-state index in [1.807, 2.05) is 6.92 Å². The SMILES string of the molecule is CC(C)C(C)NC(=O)C1CSCN1C(=O)C1CCC(C(=O)O)CC1. The molecule has 0 spiro atoms. The molecule has 1 aliphatic heterocycles. The molecule has 0 aromatic rings. The number of carbonyl (C=O) groups is 3. The van der Waals surface area contributed by atoms with Gasteiger partial charge in [0.05, 0.1) is 11.8 Å². The first-order valence-corrected chi connectivity index (χ1v) is 9.88. The van der Waals surface area contributed by atoms with Crippen molar-refractivity contribution in [2.45, 2.75) is 58.5 Å². The molecular formula is C17H28N2O4S. The summed E-state index contributed by atoms with van der Waals surface area (Å²) in [6.07, 6.45) is 2.31. The summed E-state index contributed by atoms with van der Waals surface area (Å²) in [6, 6.07) is -0.327. The minimum Gasteiger partial charge on any atom is -0.481 e. The molecule has 2 amide bonds. The van der Waals surface area contributed by atoms with Gasteiger partial charge in [-0.1, -0.05) is 13.8 Å². The van der Waals surface area contributed by atoms with Crippen LogP contribution in [0.1, 0.15) is 46.5 Å². The summed E-state index contributed by atoms with van der Waals surface area (Å²) in [5.74, 6) is 0.231. The summed E-state index contributed by atoms with van der Waals surface area (Å²) in [4.78, 5) is 38.0. The van der Waals surface area contributed by atoms with Gasteiger partial charge in [0.15, 0.2) is 0 Å². The number of nitrogens with zero attached hydrogens (tertiary/aromatic N) is 1. The van der Waals surface area contributed by atoms with Crippen molar-refractivity contribution in [2.24, 2.45) is 17.8 Å². The lowest BCUT2D eigenvalue weighted by Gasteiger charge is -2.31. The van der Waals surface area contributed by atoms with Crippen molar-refractivity contribution in [1.29, 1.82) is 0 Å². The molecule has 1 saturated heterocycles. The minimum absolute atomic E-state index is 0.0150. The Morgan fingerprint density at radius 1 is 1.08 bits per heavy atom. The van der Waals surface area contributed by atoms with Crippen LogP contribution in [0.5, 0.6) is 0 Å². The van der Waals surface area contributed by atoms with Gasteiger partial charge in [0.1, 0.15) is 6.04 Å². The summed E-state index contributed by atoms with van der Waals surface area (Å²) in [5, 5.41) is 12.1. The summed E-state index contributed by atoms with van der Waals surface area (Å²) < 4.78 is 0. The summed E-state index contributed by atoms with van der Waals surface area (Å²) >= 11 is 1.60. The number of thioether (sulfide) groups is 1. The second-order valence-electron chi connectivity index (χ2n) is 7.25. The Bertz CT molecular complexity index is 489. The van der Waals surface area contributed by atoms with Crippen molar-refractivity contribution in [3.63, 3.8) is 0 Å². The van der Waals surface area contributed by atoms with E-state index in [4.69, 9.17) is 5.11 Å². The zero-order valence-corrected chi connectivity index (χ0v) is 15.5. The van der Waals surface area contributed by atoms with Gasteiger partial charge in [0.25, 0.3) is 0 Å². The van der Waals surface area contributed by atoms with Crippen molar-refractivity contribution < 1.29 is 19.5 Å². The number of carboxylic acids is 1. The third kappa shape index (κ3) is 4.43. The quantitative estimate of drug-likeness (QED) is 0.786. The number of carboxylic acid groups (broad SMARTS) is 1. The average Bonchev–Trinajstić information content (AvgIpc) is 3.03. The van der Waals surface area contributed by atoms with Crippen molar-refractivity contribution >= 4 is 29.5 Å². The van der Waals surface area contributed by atoms with E-state index in [1.54, 1.807) is 16.7 Å². The minimum atomic E-state index is -0.766. The number of rotatable bonds is 5. The first kappa shape index (κ1) is 19.1. The van der Waals surface area contributed by atoms with Crippen LogP contribution in [0.2, 0.25) is 0 Å². The van der Waals surface area contributed by atoms with E-state index >= 15 is 0 Å². The van der Waals surface area contributed by atoms with E-state index in [2.05, 4.69) is 19.2 Å². The highest BCUT2D eigenvalue weighted by Gasteiger charge is 2.39. The Morgan fingerprint density at radius 3 is 2.21 bits per heavy atom. The van der Waals surface area contributed by atoms with E-state index in [9.17, 15) is 14.4 Å². The second-order valence-corrected chi connectivity index (χ2v) is 8.25. The van der Waals surface area contributed by atoms with Crippen LogP contribution in [-0.2, 0) is 14.4 Å². The molecule has 2 atom stereocenters. The largest absolute Gasteiger partial charge is 0.481 e. The zero-order chi connectivity index (χ0) is 17.9. The van der Waals surface area contributed by atoms with Gasteiger partial charge >= 0.3 is 5.97 Å². The van der Waals surface area contributed by atoms with Crippen LogP contribution >= 0.6 is 11.8 Å². The fourth-order valence-electron chi connectivity index (χ4n) is 3.19. The lowest BCUT2D eigenvalue weighted by Crippen LogP contribution is -2.51. The number of hydrogen-bond acceptors (Lipinski definition) is 4. The molecule has 1 saturated carbocycles. The topological polar surface area (TPSA) is 86.7 Å². The van der Waals surface area contributed by atoms with Crippen LogP contribution in [-0.4, -0.2) is 51.5 Å². The predicted octanol–water partition coefficient (Wildman–Crippen LogP) is 1.94. The Balaban J connectivity index is 1.93. The molecule has 6 nitrogen and oxygen atoms in total. The molecule has 2 rings (SSSR count). The molecule has 136 valence electrons. The third-order valence-electron chi connectivity index (χ3n) is 5.26. The molecule has 0 aromatic carbocycles. The standard InChI is InChI=1S/C17H28N2O4S/c1-10(2)11(3)18-15(20)14-8-24-9-19(14)16(21)12-4-6-13(7-5-12)17(22)23/h10-14H,4-9H2,1-3H3,(H,18,20)(H,22,23). The van der Waals surface area contributed by atoms with Gasteiger partial charge in [-0.15, -0.1) is 11.8 Å². The Morgan fingerprint density at radius 2 is 1.67 bits per heavy atom. The molecule has 24 heavy (non-hydrogen) atoms. The van der Waals surface area contributed by atoms with E-state index in [0.717, 1.165) is 0 Å². The van der Waals surface area contributed by atoms with Gasteiger partial charge in [-0.2, -0.15) is 0 Å². The van der Waals surface area contributed by atoms with Gasteiger partial charge in [0, 0.05) is 17.7 Å². The van der Waals surface area contributed by atoms with Gasteiger partial charge < -0.3 is 15.3 Å². The fourth-order valence-corrected chi connectivity index (χ4v) is 4.35. The predicted molar refractivity (Wildman–Crippen MR) is 93.5 cm³/mol. The molecule has 2 N–H and O–H groups in total. The highest BCUT2D eigenvalue weighted by Crippen LogP contribution is 2.32. The van der Waals surface area contributed by atoms with Crippen molar-refractivity contribution in [1.82, 2.24) is 10.2 Å². The zero-order valence-electron chi connectivity index (χ0n) is 14.7. The van der Waals surface area contributed by atoms with Crippen molar-refractivity contribution in [3.05, 3.63) is 0 Å². The molecule has 0 aromatic heterocycles. The maximum atomic E-state index is 12.8. The molecule has 1 aliphatic carbocycles. The van der Waals surface area contributed by atoms with Gasteiger partial charge in [-0.05, 0) is 38.5 Å². The number of aliphatic carboxylic acids is 1. The third-order valence-corrected chi connectivity index (χ3v) is 6.28. The summed E-state index contributed by atoms with van der Waals surface area (Å²) in [5.41, 5.74) is 0. The van der Waals surface area contributed by atoms with Gasteiger partial charge in [-0.25, -0.2) is 0 Å². The van der Waals surface area contributed by atoms with Crippen LogP contribution in [0, 0.1) is 17.8 Å². The highest BCUT2D eigenvalue weighted by atomic mass is 32.2. The molecule has 2 unspecified atom stereocenters. The lowest BCUT2D eigenvalue weighted by atomic mass is 9.81. The van der Waals surface area contributed by atoms with Gasteiger partial charge in [0.2, 0.25) is 11.8 Å².